The van der Waals surface area contributed by atoms with Crippen LogP contribution < -0.4 is 0 Å². The first-order valence-electron chi connectivity index (χ1n) is 8.54. The van der Waals surface area contributed by atoms with E-state index in [1.165, 1.54) is 0 Å². The molecule has 1 aromatic rings. The highest BCUT2D eigenvalue weighted by Crippen LogP contribution is 2.34. The van der Waals surface area contributed by atoms with Crippen LogP contribution >= 0.6 is 0 Å². The van der Waals surface area contributed by atoms with Crippen molar-refractivity contribution < 1.29 is 19.4 Å². The molecular formula is C18H27N3O4. The normalized spacial score (nSPS) is 20.7. The molecule has 0 bridgehead atoms. The van der Waals surface area contributed by atoms with Gasteiger partial charge in [0, 0.05) is 45.7 Å². The zero-order chi connectivity index (χ0) is 18.3. The maximum Gasteiger partial charge on any atom is 0.311 e. The number of carboxylic acid groups (broad SMARTS) is 1. The van der Waals surface area contributed by atoms with Gasteiger partial charge in [-0.3, -0.25) is 19.5 Å². The fourth-order valence-electron chi connectivity index (χ4n) is 3.32. The third-order valence-corrected chi connectivity index (χ3v) is 4.75. The molecule has 25 heavy (non-hydrogen) atoms. The number of nitrogens with zero attached hydrogens (tertiary/aromatic N) is 3. The molecule has 1 aromatic heterocycles. The summed E-state index contributed by atoms with van der Waals surface area (Å²) in [5.74, 6) is -0.875. The van der Waals surface area contributed by atoms with Crippen LogP contribution in [0.5, 0.6) is 0 Å². The number of piperidine rings is 1. The molecule has 1 aliphatic heterocycles. The Labute approximate surface area is 148 Å². The van der Waals surface area contributed by atoms with Gasteiger partial charge in [0.25, 0.3) is 0 Å². The maximum atomic E-state index is 12.6. The van der Waals surface area contributed by atoms with E-state index in [1.807, 2.05) is 24.1 Å². The van der Waals surface area contributed by atoms with E-state index in [9.17, 15) is 14.7 Å². The standard InChI is InChI=1S/C18H27N3O4/c1-20(12-15-5-3-8-19-11-15)13-16(22)21-9-4-6-18(14-21,17(23)24)7-10-25-2/h3,5,8,11H,4,6-7,9-10,12-14H2,1-2H3,(H,23,24)/t18-/m1/s1. The van der Waals surface area contributed by atoms with E-state index in [0.29, 0.717) is 39.0 Å². The second kappa shape index (κ2) is 8.92. The highest BCUT2D eigenvalue weighted by molar-refractivity contribution is 5.81. The lowest BCUT2D eigenvalue weighted by Crippen LogP contribution is -2.52. The molecular weight excluding hydrogens is 322 g/mol. The lowest BCUT2D eigenvalue weighted by molar-refractivity contribution is -0.156. The number of carbonyl (C=O) groups is 2. The minimum Gasteiger partial charge on any atom is -0.481 e. The summed E-state index contributed by atoms with van der Waals surface area (Å²) in [4.78, 5) is 32.1. The fourth-order valence-corrected chi connectivity index (χ4v) is 3.32. The quantitative estimate of drug-likeness (QED) is 0.760. The van der Waals surface area contributed by atoms with Crippen LogP contribution in [0.3, 0.4) is 0 Å². The Balaban J connectivity index is 1.95. The van der Waals surface area contributed by atoms with Crippen LogP contribution in [-0.4, -0.2) is 72.2 Å². The fraction of sp³-hybridized carbons (Fsp3) is 0.611. The lowest BCUT2D eigenvalue weighted by atomic mass is 9.77. The zero-order valence-corrected chi connectivity index (χ0v) is 15.0. The Hall–Kier alpha value is -1.99. The second-order valence-electron chi connectivity index (χ2n) is 6.78. The Morgan fingerprint density at radius 1 is 1.48 bits per heavy atom. The van der Waals surface area contributed by atoms with E-state index in [0.717, 1.165) is 5.56 Å². The Bertz CT molecular complexity index is 581. The SMILES string of the molecule is COCC[C@]1(C(=O)O)CCCN(C(=O)CN(C)Cc2cccnc2)C1. The molecule has 1 amide bonds. The van der Waals surface area contributed by atoms with Crippen molar-refractivity contribution in [1.29, 1.82) is 0 Å². The molecule has 2 rings (SSSR count). The van der Waals surface area contributed by atoms with Crippen LogP contribution in [0.2, 0.25) is 0 Å². The molecule has 0 aromatic carbocycles. The topological polar surface area (TPSA) is 83.0 Å². The van der Waals surface area contributed by atoms with Crippen LogP contribution in [0.4, 0.5) is 0 Å². The maximum absolute atomic E-state index is 12.6. The molecule has 0 aliphatic carbocycles. The average molecular weight is 349 g/mol. The molecule has 2 heterocycles. The molecule has 7 nitrogen and oxygen atoms in total. The minimum atomic E-state index is -0.897. The van der Waals surface area contributed by atoms with Gasteiger partial charge < -0.3 is 14.7 Å². The summed E-state index contributed by atoms with van der Waals surface area (Å²) in [7, 11) is 3.44. The molecule has 138 valence electrons. The highest BCUT2D eigenvalue weighted by atomic mass is 16.5. The number of likely N-dealkylation sites (N-methyl/N-ethyl adjacent to an activating group) is 1. The Kier molecular flexibility index (Phi) is 6.90. The first-order chi connectivity index (χ1) is 12.0. The molecule has 0 unspecified atom stereocenters. The Morgan fingerprint density at radius 2 is 2.28 bits per heavy atom. The summed E-state index contributed by atoms with van der Waals surface area (Å²) in [5.41, 5.74) is 0.141. The molecule has 7 heteroatoms. The number of methoxy groups -OCH3 is 1. The van der Waals surface area contributed by atoms with Gasteiger partial charge in [0.1, 0.15) is 0 Å². The van der Waals surface area contributed by atoms with Gasteiger partial charge in [0.15, 0.2) is 0 Å². The zero-order valence-electron chi connectivity index (χ0n) is 15.0. The summed E-state index contributed by atoms with van der Waals surface area (Å²) in [6.45, 7) is 2.14. The predicted octanol–water partition coefficient (Wildman–Crippen LogP) is 1.24. The molecule has 1 saturated heterocycles. The van der Waals surface area contributed by atoms with Gasteiger partial charge >= 0.3 is 5.97 Å². The number of aromatic nitrogens is 1. The van der Waals surface area contributed by atoms with Gasteiger partial charge in [-0.2, -0.15) is 0 Å². The van der Waals surface area contributed by atoms with Gasteiger partial charge in [-0.1, -0.05) is 6.07 Å². The first-order valence-corrected chi connectivity index (χ1v) is 8.54. The Morgan fingerprint density at radius 3 is 2.92 bits per heavy atom. The third-order valence-electron chi connectivity index (χ3n) is 4.75. The molecule has 0 saturated carbocycles. The first kappa shape index (κ1) is 19.3. The molecule has 1 fully saturated rings. The van der Waals surface area contributed by atoms with Gasteiger partial charge in [-0.15, -0.1) is 0 Å². The predicted molar refractivity (Wildman–Crippen MR) is 92.9 cm³/mol. The summed E-state index contributed by atoms with van der Waals surface area (Å²) in [6.07, 6.45) is 5.21. The summed E-state index contributed by atoms with van der Waals surface area (Å²) in [5, 5.41) is 9.68. The summed E-state index contributed by atoms with van der Waals surface area (Å²) in [6, 6.07) is 3.84. The number of aliphatic carboxylic acids is 1. The van der Waals surface area contributed by atoms with E-state index >= 15 is 0 Å². The highest BCUT2D eigenvalue weighted by Gasteiger charge is 2.43. The van der Waals surface area contributed by atoms with Gasteiger partial charge in [-0.25, -0.2) is 0 Å². The van der Waals surface area contributed by atoms with Crippen molar-refractivity contribution in [2.45, 2.75) is 25.8 Å². The molecule has 0 radical (unpaired) electrons. The summed E-state index contributed by atoms with van der Waals surface area (Å²) >= 11 is 0. The molecule has 1 aliphatic rings. The van der Waals surface area contributed by atoms with Crippen LogP contribution in [0.25, 0.3) is 0 Å². The van der Waals surface area contributed by atoms with Gasteiger partial charge in [-0.05, 0) is 37.9 Å². The van der Waals surface area contributed by atoms with Gasteiger partial charge in [0.2, 0.25) is 5.91 Å². The number of hydrogen-bond acceptors (Lipinski definition) is 5. The monoisotopic (exact) mass is 349 g/mol. The van der Waals surface area contributed by atoms with Crippen molar-refractivity contribution in [3.63, 3.8) is 0 Å². The number of amides is 1. The van der Waals surface area contributed by atoms with E-state index < -0.39 is 11.4 Å². The number of carbonyl (C=O) groups excluding carboxylic acids is 1. The van der Waals surface area contributed by atoms with Crippen molar-refractivity contribution in [1.82, 2.24) is 14.8 Å². The van der Waals surface area contributed by atoms with Crippen LogP contribution in [0.1, 0.15) is 24.8 Å². The van der Waals surface area contributed by atoms with Gasteiger partial charge in [0.05, 0.1) is 12.0 Å². The smallest absolute Gasteiger partial charge is 0.311 e. The van der Waals surface area contributed by atoms with Crippen molar-refractivity contribution >= 4 is 11.9 Å². The van der Waals surface area contributed by atoms with Crippen molar-refractivity contribution in [2.75, 3.05) is 40.4 Å². The number of hydrogen-bond donors (Lipinski definition) is 1. The van der Waals surface area contributed by atoms with Crippen LogP contribution in [0.15, 0.2) is 24.5 Å². The minimum absolute atomic E-state index is 0.0332. The lowest BCUT2D eigenvalue weighted by Gasteiger charge is -2.40. The molecule has 1 atom stereocenters. The van der Waals surface area contributed by atoms with Crippen molar-refractivity contribution in [2.24, 2.45) is 5.41 Å². The van der Waals surface area contributed by atoms with Crippen molar-refractivity contribution in [3.05, 3.63) is 30.1 Å². The number of likely N-dealkylation sites (tertiary alicyclic amines) is 1. The molecule has 0 spiro atoms. The number of rotatable bonds is 8. The molecule has 1 N–H and O–H groups in total. The van der Waals surface area contributed by atoms with E-state index in [2.05, 4.69) is 4.98 Å². The average Bonchev–Trinajstić information content (AvgIpc) is 2.60. The number of ether oxygens (including phenoxy) is 1. The number of pyridine rings is 1. The summed E-state index contributed by atoms with van der Waals surface area (Å²) < 4.78 is 5.07. The largest absolute Gasteiger partial charge is 0.481 e. The van der Waals surface area contributed by atoms with E-state index in [1.54, 1.807) is 24.4 Å². The third kappa shape index (κ3) is 5.24. The van der Waals surface area contributed by atoms with E-state index in [-0.39, 0.29) is 19.0 Å². The van der Waals surface area contributed by atoms with Crippen LogP contribution in [-0.2, 0) is 20.9 Å². The van der Waals surface area contributed by atoms with E-state index in [4.69, 9.17) is 4.74 Å². The van der Waals surface area contributed by atoms with Crippen LogP contribution in [0, 0.1) is 5.41 Å². The van der Waals surface area contributed by atoms with Crippen molar-refractivity contribution in [3.8, 4) is 0 Å². The number of carboxylic acids is 1. The second-order valence-corrected chi connectivity index (χ2v) is 6.78.